The molecule has 5 rings (SSSR count). The van der Waals surface area contributed by atoms with Gasteiger partial charge in [0.05, 0.1) is 23.9 Å². The number of aryl methyl sites for hydroxylation is 1. The predicted molar refractivity (Wildman–Crippen MR) is 130 cm³/mol. The summed E-state index contributed by atoms with van der Waals surface area (Å²) in [6.45, 7) is 0.737. The van der Waals surface area contributed by atoms with Crippen molar-refractivity contribution in [3.05, 3.63) is 48.0 Å². The molecule has 0 spiro atoms. The van der Waals surface area contributed by atoms with Gasteiger partial charge < -0.3 is 9.30 Å². The fourth-order valence-electron chi connectivity index (χ4n) is 4.69. The van der Waals surface area contributed by atoms with Crippen LogP contribution in [0.1, 0.15) is 37.7 Å². The zero-order valence-corrected chi connectivity index (χ0v) is 19.4. The van der Waals surface area contributed by atoms with Crippen LogP contribution in [0.5, 0.6) is 5.75 Å². The van der Waals surface area contributed by atoms with E-state index in [2.05, 4.69) is 22.8 Å². The summed E-state index contributed by atoms with van der Waals surface area (Å²) < 4.78 is 7.48. The van der Waals surface area contributed by atoms with Crippen molar-refractivity contribution in [1.29, 1.82) is 0 Å². The average molecular weight is 449 g/mol. The van der Waals surface area contributed by atoms with Crippen LogP contribution in [0.3, 0.4) is 0 Å². The Balaban J connectivity index is 1.45. The highest BCUT2D eigenvalue weighted by molar-refractivity contribution is 8.14. The molecule has 6 nitrogen and oxygen atoms in total. The van der Waals surface area contributed by atoms with E-state index in [4.69, 9.17) is 14.8 Å². The molecule has 2 heterocycles. The van der Waals surface area contributed by atoms with Crippen LogP contribution in [-0.2, 0) is 7.05 Å². The van der Waals surface area contributed by atoms with Crippen molar-refractivity contribution in [2.24, 2.45) is 18.1 Å². The molecule has 2 aromatic carbocycles. The van der Waals surface area contributed by atoms with E-state index in [9.17, 15) is 4.79 Å². The molecule has 0 atom stereocenters. The number of rotatable bonds is 5. The Morgan fingerprint density at radius 1 is 1.09 bits per heavy atom. The van der Waals surface area contributed by atoms with Crippen molar-refractivity contribution in [3.8, 4) is 17.1 Å². The number of nitrogens with zero attached hydrogens (tertiary/aromatic N) is 4. The van der Waals surface area contributed by atoms with E-state index in [1.54, 1.807) is 12.1 Å². The third-order valence-corrected chi connectivity index (χ3v) is 7.36. The van der Waals surface area contributed by atoms with Gasteiger partial charge in [0.15, 0.2) is 0 Å². The number of amides is 1. The SMILES string of the molecule is COc1cccc(-c2nc3cc(C4=NN(CC5CCCCC5)C(=O)SC4)ccc3n2C)c1. The monoisotopic (exact) mass is 448 g/mol. The number of fused-ring (bicyclic) bond motifs is 1. The number of imidazole rings is 1. The summed E-state index contributed by atoms with van der Waals surface area (Å²) in [6.07, 6.45) is 6.25. The summed E-state index contributed by atoms with van der Waals surface area (Å²) in [7, 11) is 3.70. The van der Waals surface area contributed by atoms with Crippen LogP contribution in [0.25, 0.3) is 22.4 Å². The summed E-state index contributed by atoms with van der Waals surface area (Å²) in [4.78, 5) is 17.4. The van der Waals surface area contributed by atoms with Gasteiger partial charge >= 0.3 is 5.24 Å². The molecule has 0 N–H and O–H groups in total. The highest BCUT2D eigenvalue weighted by Crippen LogP contribution is 2.30. The van der Waals surface area contributed by atoms with Crippen LogP contribution >= 0.6 is 11.8 Å². The fraction of sp³-hybridized carbons (Fsp3) is 0.400. The molecule has 1 aliphatic carbocycles. The molecule has 0 bridgehead atoms. The Morgan fingerprint density at radius 2 is 1.94 bits per heavy atom. The van der Waals surface area contributed by atoms with Gasteiger partial charge in [-0.1, -0.05) is 49.2 Å². The number of ether oxygens (including phenoxy) is 1. The first-order valence-electron chi connectivity index (χ1n) is 11.3. The van der Waals surface area contributed by atoms with E-state index < -0.39 is 0 Å². The first-order chi connectivity index (χ1) is 15.6. The summed E-state index contributed by atoms with van der Waals surface area (Å²) in [6, 6.07) is 14.2. The van der Waals surface area contributed by atoms with Gasteiger partial charge in [0.2, 0.25) is 0 Å². The van der Waals surface area contributed by atoms with E-state index >= 15 is 0 Å². The second kappa shape index (κ2) is 8.98. The molecule has 7 heteroatoms. The lowest BCUT2D eigenvalue weighted by atomic mass is 9.89. The molecule has 166 valence electrons. The van der Waals surface area contributed by atoms with Gasteiger partial charge in [-0.05, 0) is 43.0 Å². The third-order valence-electron chi connectivity index (χ3n) is 6.48. The highest BCUT2D eigenvalue weighted by atomic mass is 32.2. The van der Waals surface area contributed by atoms with E-state index in [0.717, 1.165) is 46.0 Å². The Kier molecular flexibility index (Phi) is 5.91. The van der Waals surface area contributed by atoms with Crippen molar-refractivity contribution in [2.75, 3.05) is 19.4 Å². The van der Waals surface area contributed by atoms with E-state index in [0.29, 0.717) is 11.7 Å². The molecule has 0 unspecified atom stereocenters. The number of hydrogen-bond acceptors (Lipinski definition) is 5. The second-order valence-electron chi connectivity index (χ2n) is 8.62. The second-order valence-corrected chi connectivity index (χ2v) is 9.54. The Bertz CT molecular complexity index is 1180. The number of hydrazone groups is 1. The number of thioether (sulfide) groups is 1. The minimum absolute atomic E-state index is 0.0681. The number of aromatic nitrogens is 2. The first-order valence-corrected chi connectivity index (χ1v) is 12.2. The zero-order chi connectivity index (χ0) is 22.1. The van der Waals surface area contributed by atoms with Gasteiger partial charge in [-0.25, -0.2) is 9.99 Å². The highest BCUT2D eigenvalue weighted by Gasteiger charge is 2.26. The number of carbonyl (C=O) groups is 1. The van der Waals surface area contributed by atoms with Crippen molar-refractivity contribution < 1.29 is 9.53 Å². The predicted octanol–water partition coefficient (Wildman–Crippen LogP) is 5.70. The number of benzene rings is 2. The van der Waals surface area contributed by atoms with Gasteiger partial charge in [-0.15, -0.1) is 0 Å². The van der Waals surface area contributed by atoms with Crippen LogP contribution < -0.4 is 4.74 Å². The molecule has 3 aromatic rings. The lowest BCUT2D eigenvalue weighted by Gasteiger charge is -2.29. The van der Waals surface area contributed by atoms with Crippen LogP contribution in [0.4, 0.5) is 4.79 Å². The minimum Gasteiger partial charge on any atom is -0.497 e. The molecule has 32 heavy (non-hydrogen) atoms. The molecule has 1 amide bonds. The summed E-state index contributed by atoms with van der Waals surface area (Å²) >= 11 is 1.35. The maximum Gasteiger partial charge on any atom is 0.302 e. The summed E-state index contributed by atoms with van der Waals surface area (Å²) in [5.74, 6) is 2.87. The molecular formula is C25H28N4O2S. The van der Waals surface area contributed by atoms with Gasteiger partial charge in [0.1, 0.15) is 11.6 Å². The smallest absolute Gasteiger partial charge is 0.302 e. The topological polar surface area (TPSA) is 59.7 Å². The van der Waals surface area contributed by atoms with E-state index in [1.165, 1.54) is 43.9 Å². The maximum atomic E-state index is 12.5. The maximum absolute atomic E-state index is 12.5. The molecule has 1 saturated carbocycles. The fourth-order valence-corrected chi connectivity index (χ4v) is 5.44. The van der Waals surface area contributed by atoms with Crippen LogP contribution in [0.2, 0.25) is 0 Å². The van der Waals surface area contributed by atoms with E-state index in [1.807, 2.05) is 31.3 Å². The zero-order valence-electron chi connectivity index (χ0n) is 18.6. The van der Waals surface area contributed by atoms with Crippen LogP contribution in [0, 0.1) is 5.92 Å². The molecule has 1 aromatic heterocycles. The lowest BCUT2D eigenvalue weighted by molar-refractivity contribution is 0.203. The standard InChI is InChI=1S/C25H28N4O2S/c1-28-23-12-11-18(14-21(23)26-24(28)19-9-6-10-20(13-19)31-2)22-16-32-25(30)29(27-22)15-17-7-4-3-5-8-17/h6,9-14,17H,3-5,7-8,15-16H2,1-2H3. The molecule has 1 fully saturated rings. The average Bonchev–Trinajstić information content (AvgIpc) is 3.17. The number of methoxy groups -OCH3 is 1. The molecule has 1 aliphatic heterocycles. The molecule has 2 aliphatic rings. The van der Waals surface area contributed by atoms with Crippen molar-refractivity contribution in [1.82, 2.24) is 14.6 Å². The summed E-state index contributed by atoms with van der Waals surface area (Å²) in [5.41, 5.74) is 4.97. The van der Waals surface area contributed by atoms with Gasteiger partial charge in [-0.3, -0.25) is 4.79 Å². The minimum atomic E-state index is 0.0681. The Morgan fingerprint density at radius 3 is 2.75 bits per heavy atom. The van der Waals surface area contributed by atoms with Crippen molar-refractivity contribution >= 4 is 33.7 Å². The molecule has 0 radical (unpaired) electrons. The molecule has 0 saturated heterocycles. The normalized spacial score (nSPS) is 17.6. The lowest BCUT2D eigenvalue weighted by Crippen LogP contribution is -2.34. The molecular weight excluding hydrogens is 420 g/mol. The number of hydrogen-bond donors (Lipinski definition) is 0. The number of carbonyl (C=O) groups excluding carboxylic acids is 1. The Hall–Kier alpha value is -2.80. The Labute approximate surface area is 192 Å². The van der Waals surface area contributed by atoms with Crippen molar-refractivity contribution in [2.45, 2.75) is 32.1 Å². The van der Waals surface area contributed by atoms with Crippen LogP contribution in [-0.4, -0.2) is 44.9 Å². The third kappa shape index (κ3) is 4.13. The van der Waals surface area contributed by atoms with E-state index in [-0.39, 0.29) is 5.24 Å². The van der Waals surface area contributed by atoms with Crippen molar-refractivity contribution in [3.63, 3.8) is 0 Å². The van der Waals surface area contributed by atoms with Gasteiger partial charge in [0, 0.05) is 30.5 Å². The first kappa shape index (κ1) is 21.1. The van der Waals surface area contributed by atoms with Crippen LogP contribution in [0.15, 0.2) is 47.6 Å². The summed E-state index contributed by atoms with van der Waals surface area (Å²) in [5, 5.41) is 6.54. The quantitative estimate of drug-likeness (QED) is 0.502. The van der Waals surface area contributed by atoms with Gasteiger partial charge in [-0.2, -0.15) is 5.10 Å². The van der Waals surface area contributed by atoms with Gasteiger partial charge in [0.25, 0.3) is 0 Å². The largest absolute Gasteiger partial charge is 0.497 e.